The van der Waals surface area contributed by atoms with Crippen molar-refractivity contribution in [1.82, 2.24) is 0 Å². The predicted molar refractivity (Wildman–Crippen MR) is 129 cm³/mol. The highest BCUT2D eigenvalue weighted by Gasteiger charge is 2.36. The van der Waals surface area contributed by atoms with E-state index in [-0.39, 0.29) is 10.0 Å². The molecule has 1 aliphatic heterocycles. The van der Waals surface area contributed by atoms with Crippen LogP contribution in [0.25, 0.3) is 6.08 Å². The number of thioether (sulfide) groups is 1. The standard InChI is InChI=1S/C24H15ClF3NO2S2/c25-18-8-4-16(5-9-18)14-31-20-10-6-15(7-11-20)12-21-22(30)29(23(32)33-21)19-3-1-2-17(13-19)24(26,27)28/h1-13H,14H2. The lowest BCUT2D eigenvalue weighted by molar-refractivity contribution is -0.137. The third-order valence-corrected chi connectivity index (χ3v) is 6.28. The molecule has 0 radical (unpaired) electrons. The van der Waals surface area contributed by atoms with E-state index in [2.05, 4.69) is 0 Å². The molecular weight excluding hydrogens is 491 g/mol. The van der Waals surface area contributed by atoms with E-state index >= 15 is 0 Å². The van der Waals surface area contributed by atoms with E-state index < -0.39 is 17.6 Å². The number of rotatable bonds is 5. The van der Waals surface area contributed by atoms with Crippen LogP contribution in [0.1, 0.15) is 16.7 Å². The summed E-state index contributed by atoms with van der Waals surface area (Å²) < 4.78 is 45.1. The minimum Gasteiger partial charge on any atom is -0.489 e. The number of alkyl halides is 3. The van der Waals surface area contributed by atoms with Gasteiger partial charge in [-0.3, -0.25) is 9.69 Å². The van der Waals surface area contributed by atoms with Crippen molar-refractivity contribution >= 4 is 57.6 Å². The van der Waals surface area contributed by atoms with Crippen LogP contribution in [0.2, 0.25) is 5.02 Å². The minimum absolute atomic E-state index is 0.0849. The van der Waals surface area contributed by atoms with Crippen molar-refractivity contribution in [1.29, 1.82) is 0 Å². The third kappa shape index (κ3) is 5.58. The number of benzene rings is 3. The topological polar surface area (TPSA) is 29.5 Å². The summed E-state index contributed by atoms with van der Waals surface area (Å²) in [7, 11) is 0. The molecule has 1 heterocycles. The molecule has 0 atom stereocenters. The van der Waals surface area contributed by atoms with Crippen LogP contribution >= 0.6 is 35.6 Å². The maximum absolute atomic E-state index is 13.0. The monoisotopic (exact) mass is 505 g/mol. The number of carbonyl (C=O) groups excluding carboxylic acids is 1. The first kappa shape index (κ1) is 23.4. The molecule has 33 heavy (non-hydrogen) atoms. The van der Waals surface area contributed by atoms with Crippen molar-refractivity contribution in [2.75, 3.05) is 4.90 Å². The summed E-state index contributed by atoms with van der Waals surface area (Å²) in [6.45, 7) is 0.381. The molecule has 0 aliphatic carbocycles. The summed E-state index contributed by atoms with van der Waals surface area (Å²) in [6.07, 6.45) is -2.86. The van der Waals surface area contributed by atoms with E-state index in [1.54, 1.807) is 42.5 Å². The Hall–Kier alpha value is -2.81. The number of nitrogens with zero attached hydrogens (tertiary/aromatic N) is 1. The fourth-order valence-electron chi connectivity index (χ4n) is 3.07. The quantitative estimate of drug-likeness (QED) is 0.268. The molecule has 1 aliphatic rings. The molecule has 0 N–H and O–H groups in total. The van der Waals surface area contributed by atoms with Gasteiger partial charge in [-0.1, -0.05) is 65.9 Å². The first-order chi connectivity index (χ1) is 15.7. The SMILES string of the molecule is O=C1C(=Cc2ccc(OCc3ccc(Cl)cc3)cc2)SC(=S)N1c1cccc(C(F)(F)F)c1. The number of anilines is 1. The average molecular weight is 506 g/mol. The molecule has 1 fully saturated rings. The summed E-state index contributed by atoms with van der Waals surface area (Å²) in [5.41, 5.74) is 0.953. The number of amides is 1. The van der Waals surface area contributed by atoms with Crippen molar-refractivity contribution in [3.8, 4) is 5.75 Å². The lowest BCUT2D eigenvalue weighted by Gasteiger charge is -2.16. The molecule has 0 aromatic heterocycles. The van der Waals surface area contributed by atoms with Gasteiger partial charge in [-0.2, -0.15) is 13.2 Å². The van der Waals surface area contributed by atoms with Gasteiger partial charge in [-0.25, -0.2) is 0 Å². The minimum atomic E-state index is -4.51. The van der Waals surface area contributed by atoms with Gasteiger partial charge in [0.15, 0.2) is 4.32 Å². The van der Waals surface area contributed by atoms with Gasteiger partial charge in [-0.05, 0) is 59.7 Å². The Morgan fingerprint density at radius 2 is 1.73 bits per heavy atom. The molecule has 3 aromatic rings. The lowest BCUT2D eigenvalue weighted by atomic mass is 10.1. The largest absolute Gasteiger partial charge is 0.489 e. The Kier molecular flexibility index (Phi) is 6.78. The molecule has 9 heteroatoms. The second kappa shape index (κ2) is 9.59. The molecule has 0 bridgehead atoms. The van der Waals surface area contributed by atoms with Crippen molar-refractivity contribution < 1.29 is 22.7 Å². The summed E-state index contributed by atoms with van der Waals surface area (Å²) in [6, 6.07) is 19.0. The van der Waals surface area contributed by atoms with Crippen LogP contribution in [0, 0.1) is 0 Å². The van der Waals surface area contributed by atoms with Crippen molar-refractivity contribution in [3.05, 3.63) is 99.4 Å². The number of carbonyl (C=O) groups is 1. The molecule has 0 spiro atoms. The lowest BCUT2D eigenvalue weighted by Crippen LogP contribution is -2.27. The number of halogens is 4. The van der Waals surface area contributed by atoms with Gasteiger partial charge >= 0.3 is 6.18 Å². The molecule has 4 rings (SSSR count). The van der Waals surface area contributed by atoms with Crippen LogP contribution in [-0.2, 0) is 17.6 Å². The predicted octanol–water partition coefficient (Wildman–Crippen LogP) is 7.34. The molecular formula is C24H15ClF3NO2S2. The van der Waals surface area contributed by atoms with E-state index in [1.807, 2.05) is 12.1 Å². The Labute approximate surface area is 202 Å². The summed E-state index contributed by atoms with van der Waals surface area (Å²) >= 11 is 12.2. The first-order valence-corrected chi connectivity index (χ1v) is 11.2. The Balaban J connectivity index is 1.46. The van der Waals surface area contributed by atoms with Crippen molar-refractivity contribution in [2.45, 2.75) is 12.8 Å². The maximum atomic E-state index is 13.0. The number of hydrogen-bond acceptors (Lipinski definition) is 4. The number of hydrogen-bond donors (Lipinski definition) is 0. The van der Waals surface area contributed by atoms with Crippen LogP contribution in [0.4, 0.5) is 18.9 Å². The van der Waals surface area contributed by atoms with Gasteiger partial charge < -0.3 is 4.74 Å². The zero-order chi connectivity index (χ0) is 23.6. The highest BCUT2D eigenvalue weighted by Crippen LogP contribution is 2.38. The summed E-state index contributed by atoms with van der Waals surface area (Å²) in [4.78, 5) is 14.3. The van der Waals surface area contributed by atoms with E-state index in [0.29, 0.717) is 22.3 Å². The first-order valence-electron chi connectivity index (χ1n) is 9.63. The van der Waals surface area contributed by atoms with Crippen molar-refractivity contribution in [3.63, 3.8) is 0 Å². The van der Waals surface area contributed by atoms with E-state index in [4.69, 9.17) is 28.6 Å². The molecule has 3 nitrogen and oxygen atoms in total. The molecule has 1 amide bonds. The van der Waals surface area contributed by atoms with Crippen LogP contribution in [0.15, 0.2) is 77.7 Å². The van der Waals surface area contributed by atoms with E-state index in [0.717, 1.165) is 39.9 Å². The fraction of sp³-hybridized carbons (Fsp3) is 0.0833. The fourth-order valence-corrected chi connectivity index (χ4v) is 4.50. The average Bonchev–Trinajstić information content (AvgIpc) is 3.06. The van der Waals surface area contributed by atoms with Crippen LogP contribution in [0.5, 0.6) is 5.75 Å². The normalized spacial score (nSPS) is 15.4. The third-order valence-electron chi connectivity index (χ3n) is 4.72. The number of thiocarbonyl (C=S) groups is 1. The van der Waals surface area contributed by atoms with Gasteiger partial charge in [0.1, 0.15) is 12.4 Å². The second-order valence-corrected chi connectivity index (χ2v) is 9.16. The zero-order valence-electron chi connectivity index (χ0n) is 16.8. The van der Waals surface area contributed by atoms with Gasteiger partial charge in [0, 0.05) is 5.02 Å². The van der Waals surface area contributed by atoms with Gasteiger partial charge in [0.25, 0.3) is 5.91 Å². The molecule has 0 unspecified atom stereocenters. The molecule has 3 aromatic carbocycles. The van der Waals surface area contributed by atoms with Crippen molar-refractivity contribution in [2.24, 2.45) is 0 Å². The highest BCUT2D eigenvalue weighted by molar-refractivity contribution is 8.27. The Morgan fingerprint density at radius 3 is 2.39 bits per heavy atom. The Morgan fingerprint density at radius 1 is 1.03 bits per heavy atom. The van der Waals surface area contributed by atoms with Gasteiger partial charge in [0.2, 0.25) is 0 Å². The number of ether oxygens (including phenoxy) is 1. The van der Waals surface area contributed by atoms with E-state index in [9.17, 15) is 18.0 Å². The van der Waals surface area contributed by atoms with Crippen LogP contribution in [-0.4, -0.2) is 10.2 Å². The smallest absolute Gasteiger partial charge is 0.416 e. The van der Waals surface area contributed by atoms with E-state index in [1.165, 1.54) is 12.1 Å². The summed E-state index contributed by atoms with van der Waals surface area (Å²) in [5, 5.41) is 0.654. The maximum Gasteiger partial charge on any atom is 0.416 e. The molecule has 0 saturated carbocycles. The van der Waals surface area contributed by atoms with Crippen LogP contribution in [0.3, 0.4) is 0 Å². The molecule has 168 valence electrons. The van der Waals surface area contributed by atoms with Gasteiger partial charge in [0.05, 0.1) is 16.2 Å². The molecule has 1 saturated heterocycles. The second-order valence-electron chi connectivity index (χ2n) is 7.05. The highest BCUT2D eigenvalue weighted by atomic mass is 35.5. The van der Waals surface area contributed by atoms with Gasteiger partial charge in [-0.15, -0.1) is 0 Å². The Bertz CT molecular complexity index is 1230. The van der Waals surface area contributed by atoms with Crippen LogP contribution < -0.4 is 9.64 Å². The summed E-state index contributed by atoms with van der Waals surface area (Å²) in [5.74, 6) is 0.186. The zero-order valence-corrected chi connectivity index (χ0v) is 19.2.